The fraction of sp³-hybridized carbons (Fsp3) is 0.0455. The van der Waals surface area contributed by atoms with Crippen LogP contribution in [-0.2, 0) is 4.79 Å². The van der Waals surface area contributed by atoms with Crippen LogP contribution in [0.2, 0.25) is 0 Å². The zero-order chi connectivity index (χ0) is 24.7. The Hall–Kier alpha value is -3.09. The smallest absolute Gasteiger partial charge is 0.343 e. The third-order valence-electron chi connectivity index (χ3n) is 4.12. The Bertz CT molecular complexity index is 1240. The van der Waals surface area contributed by atoms with Crippen LogP contribution in [0.25, 0.3) is 0 Å². The SMILES string of the molecule is O=C(COc1c(Br)cc(Br)cc1Br)N/N=C/c1cc([N+](=O)[O-])ccc1OC(=O)c1ccccc1. The summed E-state index contributed by atoms with van der Waals surface area (Å²) in [7, 11) is 0. The molecule has 0 aromatic heterocycles. The van der Waals surface area contributed by atoms with Crippen LogP contribution in [0.5, 0.6) is 11.5 Å². The molecule has 0 spiro atoms. The minimum absolute atomic E-state index is 0.0384. The van der Waals surface area contributed by atoms with Crippen molar-refractivity contribution in [3.63, 3.8) is 0 Å². The van der Waals surface area contributed by atoms with Gasteiger partial charge in [0.1, 0.15) is 11.5 Å². The molecule has 0 fully saturated rings. The molecule has 3 aromatic rings. The molecule has 174 valence electrons. The number of hydrazone groups is 1. The first-order chi connectivity index (χ1) is 16.2. The van der Waals surface area contributed by atoms with Crippen molar-refractivity contribution < 1.29 is 24.0 Å². The molecule has 3 aromatic carbocycles. The predicted molar refractivity (Wildman–Crippen MR) is 135 cm³/mol. The van der Waals surface area contributed by atoms with Gasteiger partial charge in [0.2, 0.25) is 0 Å². The van der Waals surface area contributed by atoms with Gasteiger partial charge in [-0.3, -0.25) is 14.9 Å². The highest BCUT2D eigenvalue weighted by atomic mass is 79.9. The lowest BCUT2D eigenvalue weighted by atomic mass is 10.2. The van der Waals surface area contributed by atoms with E-state index in [-0.39, 0.29) is 23.6 Å². The first-order valence-electron chi connectivity index (χ1n) is 9.39. The van der Waals surface area contributed by atoms with E-state index in [1.54, 1.807) is 42.5 Å². The number of carbonyl (C=O) groups is 2. The number of hydrogen-bond acceptors (Lipinski definition) is 7. The molecule has 0 saturated heterocycles. The Morgan fingerprint density at radius 2 is 1.71 bits per heavy atom. The number of carbonyl (C=O) groups excluding carboxylic acids is 2. The van der Waals surface area contributed by atoms with Crippen molar-refractivity contribution in [2.45, 2.75) is 0 Å². The van der Waals surface area contributed by atoms with E-state index in [9.17, 15) is 19.7 Å². The summed E-state index contributed by atoms with van der Waals surface area (Å²) in [6.45, 7) is -0.346. The number of nitrogens with zero attached hydrogens (tertiary/aromatic N) is 2. The molecule has 1 amide bonds. The summed E-state index contributed by atoms with van der Waals surface area (Å²) >= 11 is 10.0. The monoisotopic (exact) mass is 653 g/mol. The average molecular weight is 656 g/mol. The van der Waals surface area contributed by atoms with Crippen molar-refractivity contribution in [2.75, 3.05) is 6.61 Å². The highest BCUT2D eigenvalue weighted by Gasteiger charge is 2.15. The van der Waals surface area contributed by atoms with Gasteiger partial charge < -0.3 is 9.47 Å². The quantitative estimate of drug-likeness (QED) is 0.110. The highest BCUT2D eigenvalue weighted by Crippen LogP contribution is 2.36. The van der Waals surface area contributed by atoms with Gasteiger partial charge in [0.15, 0.2) is 6.61 Å². The molecule has 0 radical (unpaired) electrons. The largest absolute Gasteiger partial charge is 0.481 e. The number of amides is 1. The first kappa shape index (κ1) is 25.5. The minimum Gasteiger partial charge on any atom is -0.481 e. The predicted octanol–water partition coefficient (Wildman–Crippen LogP) is 5.63. The second-order valence-electron chi connectivity index (χ2n) is 6.52. The van der Waals surface area contributed by atoms with Gasteiger partial charge in [-0.05, 0) is 62.2 Å². The van der Waals surface area contributed by atoms with E-state index in [2.05, 4.69) is 58.3 Å². The number of rotatable bonds is 8. The first-order valence-corrected chi connectivity index (χ1v) is 11.8. The number of esters is 1. The molecular weight excluding hydrogens is 642 g/mol. The van der Waals surface area contributed by atoms with E-state index in [1.165, 1.54) is 18.2 Å². The summed E-state index contributed by atoms with van der Waals surface area (Å²) in [6.07, 6.45) is 1.14. The molecule has 0 heterocycles. The molecular formula is C22H14Br3N3O6. The molecule has 0 saturated carbocycles. The zero-order valence-electron chi connectivity index (χ0n) is 17.0. The van der Waals surface area contributed by atoms with Crippen molar-refractivity contribution in [2.24, 2.45) is 5.10 Å². The number of benzene rings is 3. The van der Waals surface area contributed by atoms with Crippen LogP contribution in [0.15, 0.2) is 79.2 Å². The average Bonchev–Trinajstić information content (AvgIpc) is 2.79. The standard InChI is InChI=1S/C22H14Br3N3O6/c23-15-9-17(24)21(18(25)10-15)33-12-20(29)27-26-11-14-8-16(28(31)32)6-7-19(14)34-22(30)13-4-2-1-3-5-13/h1-11H,12H2,(H,27,29)/b26-11+. The lowest BCUT2D eigenvalue weighted by Gasteiger charge is -2.10. The Balaban J connectivity index is 1.70. The van der Waals surface area contributed by atoms with Gasteiger partial charge in [-0.15, -0.1) is 0 Å². The van der Waals surface area contributed by atoms with Gasteiger partial charge in [-0.25, -0.2) is 10.2 Å². The number of nitrogens with one attached hydrogen (secondary N) is 1. The third-order valence-corrected chi connectivity index (χ3v) is 5.76. The van der Waals surface area contributed by atoms with Crippen molar-refractivity contribution in [3.05, 3.63) is 95.3 Å². The lowest BCUT2D eigenvalue weighted by molar-refractivity contribution is -0.384. The number of ether oxygens (including phenoxy) is 2. The number of nitro benzene ring substituents is 1. The number of nitro groups is 1. The molecule has 0 aliphatic rings. The molecule has 0 unspecified atom stereocenters. The summed E-state index contributed by atoms with van der Waals surface area (Å²) in [4.78, 5) is 35.0. The van der Waals surface area contributed by atoms with E-state index in [1.807, 2.05) is 0 Å². The highest BCUT2D eigenvalue weighted by molar-refractivity contribution is 9.11. The van der Waals surface area contributed by atoms with Gasteiger partial charge in [-0.2, -0.15) is 5.10 Å². The van der Waals surface area contributed by atoms with Crippen LogP contribution in [0.4, 0.5) is 5.69 Å². The summed E-state index contributed by atoms with van der Waals surface area (Å²) < 4.78 is 12.9. The van der Waals surface area contributed by atoms with Crippen LogP contribution in [-0.4, -0.2) is 29.6 Å². The van der Waals surface area contributed by atoms with Crippen LogP contribution in [0, 0.1) is 10.1 Å². The Morgan fingerprint density at radius 1 is 1.03 bits per heavy atom. The van der Waals surface area contributed by atoms with Crippen molar-refractivity contribution in [1.29, 1.82) is 0 Å². The van der Waals surface area contributed by atoms with Gasteiger partial charge in [-0.1, -0.05) is 34.1 Å². The summed E-state index contributed by atoms with van der Waals surface area (Å²) in [6, 6.07) is 15.4. The van der Waals surface area contributed by atoms with Crippen molar-refractivity contribution in [3.8, 4) is 11.5 Å². The van der Waals surface area contributed by atoms with E-state index >= 15 is 0 Å². The normalized spacial score (nSPS) is 10.7. The summed E-state index contributed by atoms with van der Waals surface area (Å²) in [5.41, 5.74) is 2.46. The molecule has 1 N–H and O–H groups in total. The maximum absolute atomic E-state index is 12.4. The van der Waals surface area contributed by atoms with Gasteiger partial charge in [0.25, 0.3) is 11.6 Å². The Morgan fingerprint density at radius 3 is 2.35 bits per heavy atom. The van der Waals surface area contributed by atoms with Crippen LogP contribution >= 0.6 is 47.8 Å². The topological polar surface area (TPSA) is 120 Å². The molecule has 9 nitrogen and oxygen atoms in total. The number of hydrogen-bond donors (Lipinski definition) is 1. The summed E-state index contributed by atoms with van der Waals surface area (Å²) in [5.74, 6) is -0.758. The molecule has 0 atom stereocenters. The van der Waals surface area contributed by atoms with E-state index in [0.717, 1.165) is 10.7 Å². The Labute approximate surface area is 218 Å². The summed E-state index contributed by atoms with van der Waals surface area (Å²) in [5, 5.41) is 14.9. The molecule has 3 rings (SSSR count). The van der Waals surface area contributed by atoms with Crippen molar-refractivity contribution in [1.82, 2.24) is 5.43 Å². The van der Waals surface area contributed by atoms with Crippen LogP contribution in [0.1, 0.15) is 15.9 Å². The number of non-ortho nitro benzene ring substituents is 1. The third kappa shape index (κ3) is 6.95. The maximum Gasteiger partial charge on any atom is 0.343 e. The minimum atomic E-state index is -0.646. The van der Waals surface area contributed by atoms with Crippen LogP contribution < -0.4 is 14.9 Å². The molecule has 12 heteroatoms. The number of halogens is 3. The fourth-order valence-corrected chi connectivity index (χ4v) is 5.07. The van der Waals surface area contributed by atoms with Gasteiger partial charge >= 0.3 is 5.97 Å². The fourth-order valence-electron chi connectivity index (χ4n) is 2.59. The van der Waals surface area contributed by atoms with E-state index < -0.39 is 16.8 Å². The lowest BCUT2D eigenvalue weighted by Crippen LogP contribution is -2.24. The van der Waals surface area contributed by atoms with E-state index in [4.69, 9.17) is 9.47 Å². The second kappa shape index (κ2) is 11.9. The second-order valence-corrected chi connectivity index (χ2v) is 9.14. The molecule has 34 heavy (non-hydrogen) atoms. The van der Waals surface area contributed by atoms with Gasteiger partial charge in [0.05, 0.1) is 25.6 Å². The van der Waals surface area contributed by atoms with Crippen LogP contribution in [0.3, 0.4) is 0 Å². The molecule has 0 aliphatic heterocycles. The molecule has 0 bridgehead atoms. The zero-order valence-corrected chi connectivity index (χ0v) is 21.8. The maximum atomic E-state index is 12.4. The van der Waals surface area contributed by atoms with Crippen molar-refractivity contribution >= 4 is 71.6 Å². The van der Waals surface area contributed by atoms with Gasteiger partial charge in [0, 0.05) is 22.2 Å². The van der Waals surface area contributed by atoms with E-state index in [0.29, 0.717) is 20.3 Å². The molecule has 0 aliphatic carbocycles. The Kier molecular flexibility index (Phi) is 8.91.